The van der Waals surface area contributed by atoms with E-state index in [1.165, 1.54) is 0 Å². The van der Waals surface area contributed by atoms with Crippen molar-refractivity contribution in [1.29, 1.82) is 0 Å². The first-order valence-corrected chi connectivity index (χ1v) is 6.48. The van der Waals surface area contributed by atoms with Crippen LogP contribution in [0.5, 0.6) is 0 Å². The SMILES string of the molecule is CC(CCCN)C(=O)Nc1cccc(I)c1. The largest absolute Gasteiger partial charge is 0.330 e. The number of carbonyl (C=O) groups is 1. The van der Waals surface area contributed by atoms with E-state index in [4.69, 9.17) is 5.73 Å². The molecular weight excluding hydrogens is 315 g/mol. The Kier molecular flexibility index (Phi) is 5.76. The van der Waals surface area contributed by atoms with E-state index in [-0.39, 0.29) is 11.8 Å². The summed E-state index contributed by atoms with van der Waals surface area (Å²) in [6, 6.07) is 7.78. The zero-order valence-corrected chi connectivity index (χ0v) is 11.5. The van der Waals surface area contributed by atoms with E-state index in [1.54, 1.807) is 0 Å². The Morgan fingerprint density at radius 3 is 2.94 bits per heavy atom. The second-order valence-electron chi connectivity index (χ2n) is 3.83. The number of nitrogens with two attached hydrogens (primary N) is 1. The summed E-state index contributed by atoms with van der Waals surface area (Å²) in [5.41, 5.74) is 6.27. The molecule has 0 heterocycles. The summed E-state index contributed by atoms with van der Waals surface area (Å²) in [7, 11) is 0. The fourth-order valence-corrected chi connectivity index (χ4v) is 1.93. The molecule has 1 unspecified atom stereocenters. The van der Waals surface area contributed by atoms with E-state index in [0.717, 1.165) is 22.1 Å². The van der Waals surface area contributed by atoms with Crippen LogP contribution in [0.15, 0.2) is 24.3 Å². The molecule has 0 aliphatic heterocycles. The third kappa shape index (κ3) is 4.49. The van der Waals surface area contributed by atoms with Crippen LogP contribution in [0.25, 0.3) is 0 Å². The lowest BCUT2D eigenvalue weighted by Gasteiger charge is -2.11. The average Bonchev–Trinajstić information content (AvgIpc) is 2.25. The zero-order valence-electron chi connectivity index (χ0n) is 9.37. The predicted molar refractivity (Wildman–Crippen MR) is 75.2 cm³/mol. The molecule has 1 rings (SSSR count). The maximum absolute atomic E-state index is 11.8. The Morgan fingerprint density at radius 2 is 2.31 bits per heavy atom. The Morgan fingerprint density at radius 1 is 1.56 bits per heavy atom. The Balaban J connectivity index is 2.50. The molecule has 1 atom stereocenters. The fraction of sp³-hybridized carbons (Fsp3) is 0.417. The molecular formula is C12H17IN2O. The van der Waals surface area contributed by atoms with Crippen molar-refractivity contribution in [3.63, 3.8) is 0 Å². The van der Waals surface area contributed by atoms with Gasteiger partial charge in [-0.25, -0.2) is 0 Å². The Hall–Kier alpha value is -0.620. The van der Waals surface area contributed by atoms with E-state index in [2.05, 4.69) is 27.9 Å². The maximum Gasteiger partial charge on any atom is 0.227 e. The molecule has 1 amide bonds. The topological polar surface area (TPSA) is 55.1 Å². The van der Waals surface area contributed by atoms with Crippen LogP contribution in [0, 0.1) is 9.49 Å². The van der Waals surface area contributed by atoms with Crippen molar-refractivity contribution in [2.24, 2.45) is 11.7 Å². The van der Waals surface area contributed by atoms with Crippen LogP contribution in [0.3, 0.4) is 0 Å². The molecule has 88 valence electrons. The van der Waals surface area contributed by atoms with E-state index in [0.29, 0.717) is 6.54 Å². The van der Waals surface area contributed by atoms with Gasteiger partial charge in [-0.3, -0.25) is 4.79 Å². The predicted octanol–water partition coefficient (Wildman–Crippen LogP) is 2.60. The summed E-state index contributed by atoms with van der Waals surface area (Å²) < 4.78 is 1.12. The first-order chi connectivity index (χ1) is 7.63. The number of nitrogens with one attached hydrogen (secondary N) is 1. The van der Waals surface area contributed by atoms with Gasteiger partial charge < -0.3 is 11.1 Å². The molecule has 0 saturated carbocycles. The van der Waals surface area contributed by atoms with Crippen LogP contribution < -0.4 is 11.1 Å². The Labute approximate surface area is 110 Å². The quantitative estimate of drug-likeness (QED) is 0.815. The number of anilines is 1. The zero-order chi connectivity index (χ0) is 12.0. The summed E-state index contributed by atoms with van der Waals surface area (Å²) in [5.74, 6) is 0.0804. The van der Waals surface area contributed by atoms with E-state index < -0.39 is 0 Å². The maximum atomic E-state index is 11.8. The minimum Gasteiger partial charge on any atom is -0.330 e. The standard InChI is InChI=1S/C12H17IN2O/c1-9(4-3-7-14)12(16)15-11-6-2-5-10(13)8-11/h2,5-6,8-9H,3-4,7,14H2,1H3,(H,15,16). The molecule has 0 spiro atoms. The van der Waals surface area contributed by atoms with Crippen molar-refractivity contribution in [3.05, 3.63) is 27.8 Å². The number of rotatable bonds is 5. The first kappa shape index (κ1) is 13.4. The molecule has 16 heavy (non-hydrogen) atoms. The van der Waals surface area contributed by atoms with Crippen LogP contribution in [0.2, 0.25) is 0 Å². The van der Waals surface area contributed by atoms with Crippen molar-refractivity contribution in [2.75, 3.05) is 11.9 Å². The van der Waals surface area contributed by atoms with Crippen molar-refractivity contribution < 1.29 is 4.79 Å². The highest BCUT2D eigenvalue weighted by molar-refractivity contribution is 14.1. The van der Waals surface area contributed by atoms with Crippen molar-refractivity contribution >= 4 is 34.2 Å². The van der Waals surface area contributed by atoms with Crippen LogP contribution in [0.1, 0.15) is 19.8 Å². The van der Waals surface area contributed by atoms with Gasteiger partial charge in [0.25, 0.3) is 0 Å². The van der Waals surface area contributed by atoms with Gasteiger partial charge in [0.2, 0.25) is 5.91 Å². The van der Waals surface area contributed by atoms with Crippen LogP contribution in [-0.2, 0) is 4.79 Å². The fourth-order valence-electron chi connectivity index (χ4n) is 1.39. The van der Waals surface area contributed by atoms with Gasteiger partial charge in [0.1, 0.15) is 0 Å². The molecule has 0 aliphatic rings. The molecule has 0 saturated heterocycles. The molecule has 0 fully saturated rings. The third-order valence-electron chi connectivity index (χ3n) is 2.38. The highest BCUT2D eigenvalue weighted by Crippen LogP contribution is 2.14. The third-order valence-corrected chi connectivity index (χ3v) is 3.05. The smallest absolute Gasteiger partial charge is 0.227 e. The molecule has 0 bridgehead atoms. The molecule has 4 heteroatoms. The lowest BCUT2D eigenvalue weighted by molar-refractivity contribution is -0.119. The van der Waals surface area contributed by atoms with Crippen LogP contribution in [-0.4, -0.2) is 12.5 Å². The van der Waals surface area contributed by atoms with E-state index in [1.807, 2.05) is 31.2 Å². The van der Waals surface area contributed by atoms with Gasteiger partial charge in [0, 0.05) is 15.2 Å². The van der Waals surface area contributed by atoms with Gasteiger partial charge in [-0.2, -0.15) is 0 Å². The number of halogens is 1. The van der Waals surface area contributed by atoms with Crippen molar-refractivity contribution in [3.8, 4) is 0 Å². The van der Waals surface area contributed by atoms with Gasteiger partial charge >= 0.3 is 0 Å². The van der Waals surface area contributed by atoms with Gasteiger partial charge in [-0.05, 0) is 60.2 Å². The molecule has 1 aromatic carbocycles. The van der Waals surface area contributed by atoms with Gasteiger partial charge in [0.15, 0.2) is 0 Å². The summed E-state index contributed by atoms with van der Waals surface area (Å²) in [6.45, 7) is 2.57. The first-order valence-electron chi connectivity index (χ1n) is 5.40. The number of benzene rings is 1. The monoisotopic (exact) mass is 332 g/mol. The minimum absolute atomic E-state index is 0.0152. The Bertz CT molecular complexity index is 355. The second-order valence-corrected chi connectivity index (χ2v) is 5.08. The molecule has 0 aliphatic carbocycles. The lowest BCUT2D eigenvalue weighted by atomic mass is 10.0. The normalized spacial score (nSPS) is 12.2. The summed E-state index contributed by atoms with van der Waals surface area (Å²) in [5, 5.41) is 2.91. The molecule has 0 radical (unpaired) electrons. The van der Waals surface area contributed by atoms with E-state index >= 15 is 0 Å². The lowest BCUT2D eigenvalue weighted by Crippen LogP contribution is -2.21. The molecule has 3 nitrogen and oxygen atoms in total. The second kappa shape index (κ2) is 6.85. The van der Waals surface area contributed by atoms with Crippen LogP contribution in [0.4, 0.5) is 5.69 Å². The average molecular weight is 332 g/mol. The summed E-state index contributed by atoms with van der Waals surface area (Å²) in [4.78, 5) is 11.8. The molecule has 3 N–H and O–H groups in total. The number of hydrogen-bond donors (Lipinski definition) is 2. The number of hydrogen-bond acceptors (Lipinski definition) is 2. The number of carbonyl (C=O) groups excluding carboxylic acids is 1. The highest BCUT2D eigenvalue weighted by atomic mass is 127. The van der Waals surface area contributed by atoms with E-state index in [9.17, 15) is 4.79 Å². The molecule has 1 aromatic rings. The van der Waals surface area contributed by atoms with Gasteiger partial charge in [-0.1, -0.05) is 13.0 Å². The van der Waals surface area contributed by atoms with Crippen molar-refractivity contribution in [1.82, 2.24) is 0 Å². The summed E-state index contributed by atoms with van der Waals surface area (Å²) >= 11 is 2.22. The highest BCUT2D eigenvalue weighted by Gasteiger charge is 2.12. The van der Waals surface area contributed by atoms with Gasteiger partial charge in [0.05, 0.1) is 0 Å². The minimum atomic E-state index is 0.0152. The van der Waals surface area contributed by atoms with Crippen LogP contribution >= 0.6 is 22.6 Å². The van der Waals surface area contributed by atoms with Crippen molar-refractivity contribution in [2.45, 2.75) is 19.8 Å². The molecule has 0 aromatic heterocycles. The summed E-state index contributed by atoms with van der Waals surface area (Å²) in [6.07, 6.45) is 1.73. The number of amides is 1. The van der Waals surface area contributed by atoms with Gasteiger partial charge in [-0.15, -0.1) is 0 Å².